The first-order valence-electron chi connectivity index (χ1n) is 8.07. The highest BCUT2D eigenvalue weighted by atomic mass is 35.5. The summed E-state index contributed by atoms with van der Waals surface area (Å²) >= 11 is 7.53. The van der Waals surface area contributed by atoms with Crippen molar-refractivity contribution in [2.75, 3.05) is 0 Å². The third-order valence-electron chi connectivity index (χ3n) is 3.94. The van der Waals surface area contributed by atoms with Gasteiger partial charge in [0.1, 0.15) is 5.01 Å². The van der Waals surface area contributed by atoms with Crippen molar-refractivity contribution in [2.24, 2.45) is 5.73 Å². The Morgan fingerprint density at radius 1 is 1.40 bits per heavy atom. The van der Waals surface area contributed by atoms with E-state index in [2.05, 4.69) is 5.32 Å². The average Bonchev–Trinajstić information content (AvgIpc) is 2.90. The Hall–Kier alpha value is -1.14. The van der Waals surface area contributed by atoms with Crippen molar-refractivity contribution in [1.29, 1.82) is 0 Å². The van der Waals surface area contributed by atoms with Crippen LogP contribution in [0, 0.1) is 6.92 Å². The van der Waals surface area contributed by atoms with E-state index in [1.807, 2.05) is 45.0 Å². The molecular weight excluding hydrogens is 377 g/mol. The number of amides is 1. The molecule has 0 spiro atoms. The van der Waals surface area contributed by atoms with E-state index >= 15 is 0 Å². The van der Waals surface area contributed by atoms with Crippen molar-refractivity contribution in [1.82, 2.24) is 10.3 Å². The van der Waals surface area contributed by atoms with Crippen LogP contribution in [0.5, 0.6) is 0 Å². The highest BCUT2D eigenvalue weighted by Crippen LogP contribution is 2.31. The van der Waals surface area contributed by atoms with Crippen LogP contribution in [-0.2, 0) is 4.79 Å². The summed E-state index contributed by atoms with van der Waals surface area (Å²) in [5.74, 6) is -0.141. The van der Waals surface area contributed by atoms with Gasteiger partial charge in [-0.15, -0.1) is 23.7 Å². The van der Waals surface area contributed by atoms with Gasteiger partial charge in [0.25, 0.3) is 0 Å². The lowest BCUT2D eigenvalue weighted by molar-refractivity contribution is -0.126. The summed E-state index contributed by atoms with van der Waals surface area (Å²) in [4.78, 5) is 18.2. The van der Waals surface area contributed by atoms with Crippen LogP contribution in [0.4, 0.5) is 0 Å². The molecule has 0 saturated heterocycles. The Bertz CT molecular complexity index is 714. The van der Waals surface area contributed by atoms with Crippen molar-refractivity contribution >= 4 is 41.3 Å². The highest BCUT2D eigenvalue weighted by molar-refractivity contribution is 7.12. The summed E-state index contributed by atoms with van der Waals surface area (Å²) in [5, 5.41) is 4.56. The summed E-state index contributed by atoms with van der Waals surface area (Å²) in [6, 6.07) is 7.43. The Morgan fingerprint density at radius 3 is 2.56 bits per heavy atom. The Labute approximate surface area is 164 Å². The summed E-state index contributed by atoms with van der Waals surface area (Å²) in [6.07, 6.45) is 1.52. The van der Waals surface area contributed by atoms with Gasteiger partial charge in [-0.3, -0.25) is 4.79 Å². The lowest BCUT2D eigenvalue weighted by Crippen LogP contribution is -2.52. The standard InChI is InChI=1S/C18H24ClN3OS.ClH/c1-5-10-18(4,20)17(23)21-11(2)16-22-15(12(3)24-16)13-6-8-14(19)9-7-13;/h6-9,11H,5,10,20H2,1-4H3,(H,21,23);1H. The summed E-state index contributed by atoms with van der Waals surface area (Å²) < 4.78 is 0. The molecule has 3 N–H and O–H groups in total. The predicted octanol–water partition coefficient (Wildman–Crippen LogP) is 4.89. The first kappa shape index (κ1) is 21.9. The quantitative estimate of drug-likeness (QED) is 0.723. The number of rotatable bonds is 6. The van der Waals surface area contributed by atoms with E-state index < -0.39 is 5.54 Å². The molecule has 2 rings (SSSR count). The summed E-state index contributed by atoms with van der Waals surface area (Å²) in [5.41, 5.74) is 7.19. The molecule has 2 atom stereocenters. The summed E-state index contributed by atoms with van der Waals surface area (Å²) in [6.45, 7) is 7.75. The van der Waals surface area contributed by atoms with Crippen LogP contribution in [0.15, 0.2) is 24.3 Å². The second-order valence-corrected chi connectivity index (χ2v) is 8.00. The van der Waals surface area contributed by atoms with E-state index in [0.717, 1.165) is 27.6 Å². The molecule has 0 saturated carbocycles. The van der Waals surface area contributed by atoms with Crippen LogP contribution in [0.25, 0.3) is 11.3 Å². The zero-order valence-electron chi connectivity index (χ0n) is 14.9. The van der Waals surface area contributed by atoms with Crippen LogP contribution in [-0.4, -0.2) is 16.4 Å². The van der Waals surface area contributed by atoms with Crippen LogP contribution in [0.3, 0.4) is 0 Å². The molecule has 4 nitrogen and oxygen atoms in total. The smallest absolute Gasteiger partial charge is 0.240 e. The third kappa shape index (κ3) is 5.42. The first-order chi connectivity index (χ1) is 11.2. The molecule has 2 unspecified atom stereocenters. The number of carbonyl (C=O) groups excluding carboxylic acids is 1. The van der Waals surface area contributed by atoms with E-state index in [4.69, 9.17) is 22.3 Å². The number of nitrogens with two attached hydrogens (primary N) is 1. The largest absolute Gasteiger partial charge is 0.346 e. The second kappa shape index (κ2) is 8.99. The van der Waals surface area contributed by atoms with Gasteiger partial charge >= 0.3 is 0 Å². The molecule has 0 aliphatic carbocycles. The number of hydrogen-bond acceptors (Lipinski definition) is 4. The SMILES string of the molecule is CCCC(C)(N)C(=O)NC(C)c1nc(-c2ccc(Cl)cc2)c(C)s1.Cl. The average molecular weight is 402 g/mol. The molecule has 0 aliphatic rings. The zero-order chi connectivity index (χ0) is 17.9. The number of carbonyl (C=O) groups is 1. The lowest BCUT2D eigenvalue weighted by Gasteiger charge is -2.24. The molecule has 0 radical (unpaired) electrons. The normalized spacial score (nSPS) is 14.3. The van der Waals surface area contributed by atoms with Gasteiger partial charge in [-0.25, -0.2) is 4.98 Å². The van der Waals surface area contributed by atoms with Crippen LogP contribution < -0.4 is 11.1 Å². The number of aromatic nitrogens is 1. The maximum absolute atomic E-state index is 12.4. The molecular formula is C18H25Cl2N3OS. The Kier molecular flexibility index (Phi) is 7.88. The molecule has 1 heterocycles. The molecule has 7 heteroatoms. The number of benzene rings is 1. The topological polar surface area (TPSA) is 68.0 Å². The van der Waals surface area contributed by atoms with Gasteiger partial charge in [-0.05, 0) is 39.3 Å². The molecule has 0 fully saturated rings. The zero-order valence-corrected chi connectivity index (χ0v) is 17.3. The van der Waals surface area contributed by atoms with Gasteiger partial charge in [0, 0.05) is 15.5 Å². The third-order valence-corrected chi connectivity index (χ3v) is 5.34. The van der Waals surface area contributed by atoms with Gasteiger partial charge in [0.15, 0.2) is 0 Å². The monoisotopic (exact) mass is 401 g/mol. The minimum Gasteiger partial charge on any atom is -0.346 e. The maximum Gasteiger partial charge on any atom is 0.240 e. The van der Waals surface area contributed by atoms with Crippen molar-refractivity contribution < 1.29 is 4.79 Å². The molecule has 0 aliphatic heterocycles. The summed E-state index contributed by atoms with van der Waals surface area (Å²) in [7, 11) is 0. The van der Waals surface area contributed by atoms with E-state index in [1.165, 1.54) is 0 Å². The van der Waals surface area contributed by atoms with Crippen molar-refractivity contribution in [3.05, 3.63) is 39.2 Å². The molecule has 1 aromatic carbocycles. The molecule has 2 aromatic rings. The van der Waals surface area contributed by atoms with Gasteiger partial charge in [-0.1, -0.05) is 37.1 Å². The van der Waals surface area contributed by atoms with Gasteiger partial charge in [0.05, 0.1) is 17.3 Å². The molecule has 138 valence electrons. The van der Waals surface area contributed by atoms with Gasteiger partial charge in [-0.2, -0.15) is 0 Å². The van der Waals surface area contributed by atoms with Gasteiger partial charge in [0.2, 0.25) is 5.91 Å². The van der Waals surface area contributed by atoms with Crippen molar-refractivity contribution in [3.63, 3.8) is 0 Å². The molecule has 0 bridgehead atoms. The van der Waals surface area contributed by atoms with E-state index in [9.17, 15) is 4.79 Å². The Balaban J connectivity index is 0.00000312. The fourth-order valence-corrected chi connectivity index (χ4v) is 3.61. The fraction of sp³-hybridized carbons (Fsp3) is 0.444. The fourth-order valence-electron chi connectivity index (χ4n) is 2.53. The molecule has 25 heavy (non-hydrogen) atoms. The lowest BCUT2D eigenvalue weighted by atomic mass is 9.96. The number of nitrogens with one attached hydrogen (secondary N) is 1. The second-order valence-electron chi connectivity index (χ2n) is 6.33. The number of aryl methyl sites for hydroxylation is 1. The molecule has 1 aromatic heterocycles. The first-order valence-corrected chi connectivity index (χ1v) is 9.27. The minimum absolute atomic E-state index is 0. The number of hydrogen-bond donors (Lipinski definition) is 2. The van der Waals surface area contributed by atoms with Crippen LogP contribution in [0.2, 0.25) is 5.02 Å². The van der Waals surface area contributed by atoms with E-state index in [1.54, 1.807) is 18.3 Å². The number of thiazole rings is 1. The van der Waals surface area contributed by atoms with E-state index in [0.29, 0.717) is 11.4 Å². The molecule has 1 amide bonds. The highest BCUT2D eigenvalue weighted by Gasteiger charge is 2.29. The minimum atomic E-state index is -0.853. The van der Waals surface area contributed by atoms with Crippen molar-refractivity contribution in [3.8, 4) is 11.3 Å². The predicted molar refractivity (Wildman–Crippen MR) is 109 cm³/mol. The van der Waals surface area contributed by atoms with Crippen LogP contribution in [0.1, 0.15) is 49.5 Å². The van der Waals surface area contributed by atoms with Gasteiger partial charge < -0.3 is 11.1 Å². The number of halogens is 2. The number of nitrogens with zero attached hydrogens (tertiary/aromatic N) is 1. The van der Waals surface area contributed by atoms with Crippen molar-refractivity contribution in [2.45, 2.75) is 52.1 Å². The Morgan fingerprint density at radius 2 is 2.00 bits per heavy atom. The van der Waals surface area contributed by atoms with E-state index in [-0.39, 0.29) is 24.4 Å². The maximum atomic E-state index is 12.4. The van der Waals surface area contributed by atoms with Crippen LogP contribution >= 0.6 is 35.3 Å².